The SMILES string of the molecule is C=CCn1ccc(C2COC(O)C2)c1. The number of hydrogen-bond acceptors (Lipinski definition) is 2. The second-order valence-corrected chi connectivity index (χ2v) is 3.65. The summed E-state index contributed by atoms with van der Waals surface area (Å²) in [5, 5.41) is 9.23. The molecule has 2 atom stereocenters. The summed E-state index contributed by atoms with van der Waals surface area (Å²) in [5.74, 6) is 0.344. The maximum Gasteiger partial charge on any atom is 0.155 e. The molecule has 3 heteroatoms. The third-order valence-electron chi connectivity index (χ3n) is 2.56. The highest BCUT2D eigenvalue weighted by molar-refractivity contribution is 5.17. The van der Waals surface area contributed by atoms with Crippen LogP contribution in [-0.2, 0) is 11.3 Å². The standard InChI is InChI=1S/C11H15NO2/c1-2-4-12-5-3-9(7-12)10-6-11(13)14-8-10/h2-3,5,7,10-11,13H,1,4,6,8H2. The molecule has 1 aliphatic rings. The summed E-state index contributed by atoms with van der Waals surface area (Å²) < 4.78 is 7.19. The van der Waals surface area contributed by atoms with Gasteiger partial charge in [-0.05, 0) is 11.6 Å². The first-order chi connectivity index (χ1) is 6.79. The van der Waals surface area contributed by atoms with E-state index in [0.29, 0.717) is 18.9 Å². The molecule has 1 aliphatic heterocycles. The van der Waals surface area contributed by atoms with Crippen LogP contribution in [0.25, 0.3) is 0 Å². The van der Waals surface area contributed by atoms with Crippen LogP contribution in [0.3, 0.4) is 0 Å². The lowest BCUT2D eigenvalue weighted by Crippen LogP contribution is -2.00. The lowest BCUT2D eigenvalue weighted by Gasteiger charge is -2.03. The van der Waals surface area contributed by atoms with Crippen molar-refractivity contribution in [3.63, 3.8) is 0 Å². The average Bonchev–Trinajstić information content (AvgIpc) is 2.74. The number of hydrogen-bond donors (Lipinski definition) is 1. The van der Waals surface area contributed by atoms with Crippen molar-refractivity contribution in [2.45, 2.75) is 25.2 Å². The molecule has 0 radical (unpaired) electrons. The van der Waals surface area contributed by atoms with Gasteiger partial charge in [-0.3, -0.25) is 0 Å². The van der Waals surface area contributed by atoms with Crippen LogP contribution >= 0.6 is 0 Å². The van der Waals surface area contributed by atoms with E-state index in [1.807, 2.05) is 12.3 Å². The zero-order valence-electron chi connectivity index (χ0n) is 8.10. The minimum atomic E-state index is -0.581. The highest BCUT2D eigenvalue weighted by Gasteiger charge is 2.25. The quantitative estimate of drug-likeness (QED) is 0.738. The van der Waals surface area contributed by atoms with E-state index in [0.717, 1.165) is 6.54 Å². The van der Waals surface area contributed by atoms with E-state index in [1.54, 1.807) is 0 Å². The van der Waals surface area contributed by atoms with Gasteiger partial charge in [0.2, 0.25) is 0 Å². The first-order valence-corrected chi connectivity index (χ1v) is 4.86. The molecule has 0 amide bonds. The summed E-state index contributed by atoms with van der Waals surface area (Å²) in [6.07, 6.45) is 6.11. The molecule has 1 aromatic rings. The predicted molar refractivity (Wildman–Crippen MR) is 53.9 cm³/mol. The molecule has 0 spiro atoms. The highest BCUT2D eigenvalue weighted by atomic mass is 16.6. The topological polar surface area (TPSA) is 34.4 Å². The van der Waals surface area contributed by atoms with Crippen LogP contribution in [0.15, 0.2) is 31.1 Å². The van der Waals surface area contributed by atoms with Crippen LogP contribution in [0.4, 0.5) is 0 Å². The molecule has 0 aromatic carbocycles. The largest absolute Gasteiger partial charge is 0.368 e. The molecule has 2 unspecified atom stereocenters. The van der Waals surface area contributed by atoms with Crippen LogP contribution < -0.4 is 0 Å². The number of aliphatic hydroxyl groups is 1. The maximum absolute atomic E-state index is 9.23. The van der Waals surface area contributed by atoms with Crippen molar-refractivity contribution in [3.8, 4) is 0 Å². The summed E-state index contributed by atoms with van der Waals surface area (Å²) in [4.78, 5) is 0. The number of ether oxygens (including phenoxy) is 1. The fourth-order valence-corrected chi connectivity index (χ4v) is 1.80. The van der Waals surface area contributed by atoms with Crippen molar-refractivity contribution in [1.82, 2.24) is 4.57 Å². The van der Waals surface area contributed by atoms with Crippen LogP contribution in [0, 0.1) is 0 Å². The zero-order valence-corrected chi connectivity index (χ0v) is 8.10. The molecule has 14 heavy (non-hydrogen) atoms. The summed E-state index contributed by atoms with van der Waals surface area (Å²) in [5.41, 5.74) is 1.24. The van der Waals surface area contributed by atoms with Crippen LogP contribution in [0.5, 0.6) is 0 Å². The first-order valence-electron chi connectivity index (χ1n) is 4.86. The van der Waals surface area contributed by atoms with Crippen molar-refractivity contribution in [1.29, 1.82) is 0 Å². The molecule has 76 valence electrons. The summed E-state index contributed by atoms with van der Waals surface area (Å²) in [7, 11) is 0. The number of aromatic nitrogens is 1. The fraction of sp³-hybridized carbons (Fsp3) is 0.455. The Kier molecular flexibility index (Phi) is 2.70. The molecule has 0 aliphatic carbocycles. The Balaban J connectivity index is 2.05. The molecule has 2 heterocycles. The zero-order chi connectivity index (χ0) is 9.97. The molecule has 1 fully saturated rings. The van der Waals surface area contributed by atoms with E-state index < -0.39 is 6.29 Å². The van der Waals surface area contributed by atoms with E-state index in [4.69, 9.17) is 4.74 Å². The third kappa shape index (κ3) is 1.89. The van der Waals surface area contributed by atoms with Gasteiger partial charge in [-0.2, -0.15) is 0 Å². The van der Waals surface area contributed by atoms with Gasteiger partial charge in [0.25, 0.3) is 0 Å². The number of aliphatic hydroxyl groups excluding tert-OH is 1. The van der Waals surface area contributed by atoms with Gasteiger partial charge < -0.3 is 14.4 Å². The lowest BCUT2D eigenvalue weighted by molar-refractivity contribution is -0.0589. The minimum absolute atomic E-state index is 0.344. The van der Waals surface area contributed by atoms with Crippen molar-refractivity contribution in [3.05, 3.63) is 36.7 Å². The van der Waals surface area contributed by atoms with Crippen molar-refractivity contribution < 1.29 is 9.84 Å². The molecular weight excluding hydrogens is 178 g/mol. The molecule has 0 bridgehead atoms. The van der Waals surface area contributed by atoms with Crippen molar-refractivity contribution in [2.24, 2.45) is 0 Å². The second kappa shape index (κ2) is 3.98. The molecule has 1 saturated heterocycles. The van der Waals surface area contributed by atoms with E-state index in [2.05, 4.69) is 23.4 Å². The van der Waals surface area contributed by atoms with Gasteiger partial charge in [0, 0.05) is 31.3 Å². The van der Waals surface area contributed by atoms with E-state index in [1.165, 1.54) is 5.56 Å². The Morgan fingerprint density at radius 2 is 2.57 bits per heavy atom. The van der Waals surface area contributed by atoms with Crippen molar-refractivity contribution >= 4 is 0 Å². The second-order valence-electron chi connectivity index (χ2n) is 3.65. The van der Waals surface area contributed by atoms with Gasteiger partial charge in [0.1, 0.15) is 0 Å². The van der Waals surface area contributed by atoms with Gasteiger partial charge in [0.15, 0.2) is 6.29 Å². The third-order valence-corrected chi connectivity index (χ3v) is 2.56. The van der Waals surface area contributed by atoms with Crippen molar-refractivity contribution in [2.75, 3.05) is 6.61 Å². The fourth-order valence-electron chi connectivity index (χ4n) is 1.80. The van der Waals surface area contributed by atoms with E-state index in [9.17, 15) is 5.11 Å². The minimum Gasteiger partial charge on any atom is -0.368 e. The Bertz CT molecular complexity index is 319. The number of rotatable bonds is 3. The molecule has 0 saturated carbocycles. The van der Waals surface area contributed by atoms with Crippen LogP contribution in [0.2, 0.25) is 0 Å². The Morgan fingerprint density at radius 3 is 3.21 bits per heavy atom. The Hall–Kier alpha value is -1.06. The van der Waals surface area contributed by atoms with E-state index >= 15 is 0 Å². The van der Waals surface area contributed by atoms with Gasteiger partial charge in [-0.15, -0.1) is 6.58 Å². The summed E-state index contributed by atoms with van der Waals surface area (Å²) in [6.45, 7) is 5.14. The maximum atomic E-state index is 9.23. The van der Waals surface area contributed by atoms with Gasteiger partial charge in [0.05, 0.1) is 6.61 Å². The van der Waals surface area contributed by atoms with Crippen LogP contribution in [-0.4, -0.2) is 22.6 Å². The predicted octanol–water partition coefficient (Wildman–Crippen LogP) is 1.50. The first kappa shape index (κ1) is 9.49. The summed E-state index contributed by atoms with van der Waals surface area (Å²) in [6, 6.07) is 2.08. The smallest absolute Gasteiger partial charge is 0.155 e. The highest BCUT2D eigenvalue weighted by Crippen LogP contribution is 2.28. The number of allylic oxidation sites excluding steroid dienone is 1. The Labute approximate surface area is 83.6 Å². The van der Waals surface area contributed by atoms with E-state index in [-0.39, 0.29) is 0 Å². The van der Waals surface area contributed by atoms with Gasteiger partial charge in [-0.25, -0.2) is 0 Å². The average molecular weight is 193 g/mol. The monoisotopic (exact) mass is 193 g/mol. The Morgan fingerprint density at radius 1 is 1.71 bits per heavy atom. The number of nitrogens with zero attached hydrogens (tertiary/aromatic N) is 1. The molecule has 2 rings (SSSR count). The van der Waals surface area contributed by atoms with Gasteiger partial charge in [-0.1, -0.05) is 6.08 Å². The molecule has 1 N–H and O–H groups in total. The van der Waals surface area contributed by atoms with Gasteiger partial charge >= 0.3 is 0 Å². The lowest BCUT2D eigenvalue weighted by atomic mass is 10.0. The molecular formula is C11H15NO2. The molecule has 3 nitrogen and oxygen atoms in total. The normalized spacial score (nSPS) is 26.6. The molecule has 1 aromatic heterocycles. The summed E-state index contributed by atoms with van der Waals surface area (Å²) >= 11 is 0. The van der Waals surface area contributed by atoms with Crippen LogP contribution in [0.1, 0.15) is 17.9 Å².